The van der Waals surface area contributed by atoms with Crippen LogP contribution in [0.15, 0.2) is 12.1 Å². The van der Waals surface area contributed by atoms with Crippen molar-refractivity contribution in [2.45, 2.75) is 27.0 Å². The third kappa shape index (κ3) is 3.85. The molecular weight excluding hydrogens is 256 g/mol. The zero-order valence-electron chi connectivity index (χ0n) is 12.4. The van der Waals surface area contributed by atoms with Crippen LogP contribution in [-0.2, 0) is 22.6 Å². The number of likely N-dealkylation sites (N-methyl/N-ethyl adjacent to an activating group) is 1. The van der Waals surface area contributed by atoms with Crippen molar-refractivity contribution in [3.05, 3.63) is 23.3 Å². The molecule has 0 saturated carbocycles. The second-order valence-electron chi connectivity index (χ2n) is 4.84. The lowest BCUT2D eigenvalue weighted by Crippen LogP contribution is -2.28. The number of benzene rings is 1. The van der Waals surface area contributed by atoms with Gasteiger partial charge in [-0.05, 0) is 25.6 Å². The number of fused-ring (bicyclic) bond motifs is 1. The summed E-state index contributed by atoms with van der Waals surface area (Å²) in [5, 5.41) is 0. The quantitative estimate of drug-likeness (QED) is 0.611. The maximum absolute atomic E-state index is 5.97. The molecule has 0 unspecified atom stereocenters. The van der Waals surface area contributed by atoms with E-state index in [-0.39, 0.29) is 0 Å². The molecule has 0 aliphatic carbocycles. The van der Waals surface area contributed by atoms with Gasteiger partial charge in [0.15, 0.2) is 6.79 Å². The van der Waals surface area contributed by atoms with Crippen LogP contribution in [0.3, 0.4) is 0 Å². The van der Waals surface area contributed by atoms with Crippen LogP contribution >= 0.6 is 0 Å². The molecule has 0 amide bonds. The molecule has 0 aromatic heterocycles. The van der Waals surface area contributed by atoms with E-state index >= 15 is 0 Å². The number of nitrogens with zero attached hydrogens (tertiary/aromatic N) is 1. The lowest BCUT2D eigenvalue weighted by atomic mass is 10.1. The van der Waals surface area contributed by atoms with Crippen molar-refractivity contribution >= 4 is 5.69 Å². The Bertz CT molecular complexity index is 437. The first-order chi connectivity index (χ1) is 9.74. The van der Waals surface area contributed by atoms with E-state index in [1.165, 1.54) is 0 Å². The molecule has 112 valence electrons. The van der Waals surface area contributed by atoms with Gasteiger partial charge in [-0.25, -0.2) is 0 Å². The van der Waals surface area contributed by atoms with Crippen LogP contribution in [-0.4, -0.2) is 38.0 Å². The first kappa shape index (κ1) is 15.1. The summed E-state index contributed by atoms with van der Waals surface area (Å²) in [5.74, 6) is 0.931. The Kier molecular flexibility index (Phi) is 5.64. The van der Waals surface area contributed by atoms with E-state index in [9.17, 15) is 0 Å². The fraction of sp³-hybridized carbons (Fsp3) is 0.600. The lowest BCUT2D eigenvalue weighted by Gasteiger charge is -2.25. The smallest absolute Gasteiger partial charge is 0.189 e. The van der Waals surface area contributed by atoms with Gasteiger partial charge in [0, 0.05) is 36.5 Å². The second kappa shape index (κ2) is 7.47. The summed E-state index contributed by atoms with van der Waals surface area (Å²) in [5.41, 5.74) is 8.89. The van der Waals surface area contributed by atoms with Gasteiger partial charge in [-0.15, -0.1) is 0 Å². The number of rotatable bonds is 7. The van der Waals surface area contributed by atoms with Crippen molar-refractivity contribution in [1.29, 1.82) is 0 Å². The fourth-order valence-electron chi connectivity index (χ4n) is 2.37. The van der Waals surface area contributed by atoms with Crippen LogP contribution in [0.2, 0.25) is 0 Å². The molecule has 2 rings (SSSR count). The minimum atomic E-state index is 0.314. The van der Waals surface area contributed by atoms with Crippen molar-refractivity contribution < 1.29 is 14.2 Å². The topological polar surface area (TPSA) is 57.0 Å². The van der Waals surface area contributed by atoms with E-state index in [1.807, 2.05) is 19.1 Å². The van der Waals surface area contributed by atoms with E-state index in [1.54, 1.807) is 0 Å². The molecular formula is C15H24N2O3. The standard InChI is InChI=1S/C15H24N2O3/c1-3-17(5-6-18-4-2)9-12-7-14(16)8-13-10-19-11-20-15(12)13/h7-8H,3-6,9-11,16H2,1-2H3. The first-order valence-corrected chi connectivity index (χ1v) is 7.16. The molecule has 0 fully saturated rings. The van der Waals surface area contributed by atoms with Crippen molar-refractivity contribution in [2.75, 3.05) is 38.8 Å². The number of nitrogens with two attached hydrogens (primary N) is 1. The first-order valence-electron chi connectivity index (χ1n) is 7.16. The summed E-state index contributed by atoms with van der Waals surface area (Å²) in [4.78, 5) is 2.32. The second-order valence-corrected chi connectivity index (χ2v) is 4.84. The van der Waals surface area contributed by atoms with Crippen molar-refractivity contribution in [3.8, 4) is 5.75 Å². The van der Waals surface area contributed by atoms with E-state index < -0.39 is 0 Å². The Hall–Kier alpha value is -1.30. The molecule has 1 heterocycles. The van der Waals surface area contributed by atoms with Gasteiger partial charge in [-0.2, -0.15) is 0 Å². The molecule has 1 aromatic rings. The van der Waals surface area contributed by atoms with Crippen LogP contribution < -0.4 is 10.5 Å². The molecule has 5 nitrogen and oxygen atoms in total. The van der Waals surface area contributed by atoms with Gasteiger partial charge >= 0.3 is 0 Å². The van der Waals surface area contributed by atoms with Crippen molar-refractivity contribution in [1.82, 2.24) is 4.90 Å². The molecule has 0 atom stereocenters. The summed E-state index contributed by atoms with van der Waals surface area (Å²) in [7, 11) is 0. The zero-order chi connectivity index (χ0) is 14.4. The van der Waals surface area contributed by atoms with Crippen LogP contribution in [0.1, 0.15) is 25.0 Å². The molecule has 1 aromatic carbocycles. The lowest BCUT2D eigenvalue weighted by molar-refractivity contribution is -0.0175. The van der Waals surface area contributed by atoms with Crippen LogP contribution in [0.5, 0.6) is 5.75 Å². The van der Waals surface area contributed by atoms with Crippen molar-refractivity contribution in [3.63, 3.8) is 0 Å². The predicted molar refractivity (Wildman–Crippen MR) is 78.6 cm³/mol. The van der Waals surface area contributed by atoms with Gasteiger partial charge in [-0.1, -0.05) is 6.92 Å². The number of anilines is 1. The van der Waals surface area contributed by atoms with E-state index in [0.29, 0.717) is 13.4 Å². The van der Waals surface area contributed by atoms with E-state index in [2.05, 4.69) is 11.8 Å². The highest BCUT2D eigenvalue weighted by atomic mass is 16.7. The van der Waals surface area contributed by atoms with Gasteiger partial charge < -0.3 is 19.9 Å². The Labute approximate surface area is 120 Å². The maximum Gasteiger partial charge on any atom is 0.189 e. The van der Waals surface area contributed by atoms with Gasteiger partial charge in [0.25, 0.3) is 0 Å². The number of hydrogen-bond donors (Lipinski definition) is 1. The summed E-state index contributed by atoms with van der Waals surface area (Å²) in [6.45, 7) is 9.24. The molecule has 20 heavy (non-hydrogen) atoms. The Morgan fingerprint density at radius 3 is 2.95 bits per heavy atom. The van der Waals surface area contributed by atoms with Gasteiger partial charge in [0.05, 0.1) is 13.2 Å². The molecule has 1 aliphatic rings. The minimum absolute atomic E-state index is 0.314. The number of nitrogen functional groups attached to an aromatic ring is 1. The normalized spacial score (nSPS) is 14.2. The Balaban J connectivity index is 2.08. The van der Waals surface area contributed by atoms with Crippen LogP contribution in [0.25, 0.3) is 0 Å². The monoisotopic (exact) mass is 280 g/mol. The third-order valence-corrected chi connectivity index (χ3v) is 3.41. The number of hydrogen-bond acceptors (Lipinski definition) is 5. The molecule has 0 bridgehead atoms. The summed E-state index contributed by atoms with van der Waals surface area (Å²) < 4.78 is 16.4. The highest BCUT2D eigenvalue weighted by Crippen LogP contribution is 2.31. The largest absolute Gasteiger partial charge is 0.467 e. The molecule has 5 heteroatoms. The Morgan fingerprint density at radius 1 is 1.35 bits per heavy atom. The third-order valence-electron chi connectivity index (χ3n) is 3.41. The average Bonchev–Trinajstić information content (AvgIpc) is 2.46. The van der Waals surface area contributed by atoms with Gasteiger partial charge in [0.2, 0.25) is 0 Å². The molecule has 1 aliphatic heterocycles. The number of ether oxygens (including phenoxy) is 3. The molecule has 0 spiro atoms. The molecule has 2 N–H and O–H groups in total. The highest BCUT2D eigenvalue weighted by Gasteiger charge is 2.17. The van der Waals surface area contributed by atoms with E-state index in [0.717, 1.165) is 55.4 Å². The zero-order valence-corrected chi connectivity index (χ0v) is 12.4. The molecule has 0 radical (unpaired) electrons. The summed E-state index contributed by atoms with van der Waals surface area (Å²) in [6.07, 6.45) is 0. The minimum Gasteiger partial charge on any atom is -0.467 e. The van der Waals surface area contributed by atoms with Gasteiger partial charge in [0.1, 0.15) is 5.75 Å². The summed E-state index contributed by atoms with van der Waals surface area (Å²) >= 11 is 0. The van der Waals surface area contributed by atoms with Crippen LogP contribution in [0.4, 0.5) is 5.69 Å². The predicted octanol–water partition coefficient (Wildman–Crippen LogP) is 1.99. The molecule has 0 saturated heterocycles. The maximum atomic E-state index is 5.97. The van der Waals surface area contributed by atoms with Crippen molar-refractivity contribution in [2.24, 2.45) is 0 Å². The highest BCUT2D eigenvalue weighted by molar-refractivity contribution is 5.53. The average molecular weight is 280 g/mol. The Morgan fingerprint density at radius 2 is 2.20 bits per heavy atom. The van der Waals surface area contributed by atoms with Gasteiger partial charge in [-0.3, -0.25) is 4.90 Å². The fourth-order valence-corrected chi connectivity index (χ4v) is 2.37. The van der Waals surface area contributed by atoms with E-state index in [4.69, 9.17) is 19.9 Å². The summed E-state index contributed by atoms with van der Waals surface area (Å²) in [6, 6.07) is 3.92. The van der Waals surface area contributed by atoms with Crippen LogP contribution in [0, 0.1) is 0 Å². The SMILES string of the molecule is CCOCCN(CC)Cc1cc(N)cc2c1OCOC2.